The van der Waals surface area contributed by atoms with Gasteiger partial charge in [0.15, 0.2) is 21.5 Å². The van der Waals surface area contributed by atoms with E-state index in [0.717, 1.165) is 12.8 Å². The molecule has 0 heterocycles. The first kappa shape index (κ1) is 20.1. The van der Waals surface area contributed by atoms with Crippen LogP contribution in [0.4, 0.5) is 0 Å². The fourth-order valence-electron chi connectivity index (χ4n) is 3.29. The van der Waals surface area contributed by atoms with Crippen molar-refractivity contribution < 1.29 is 0 Å². The minimum absolute atomic E-state index is 1.13. The van der Waals surface area contributed by atoms with E-state index in [1.165, 1.54) is 34.3 Å². The Morgan fingerprint density at radius 2 is 1.22 bits per heavy atom. The maximum Gasteiger partial charge on any atom is 0.181 e. The average molecular weight is 438 g/mol. The van der Waals surface area contributed by atoms with Crippen molar-refractivity contribution in [1.82, 2.24) is 0 Å². The number of rotatable bonds is 8. The molecule has 0 aliphatic heterocycles. The van der Waals surface area contributed by atoms with Gasteiger partial charge in [-0.2, -0.15) is 0 Å². The van der Waals surface area contributed by atoms with E-state index in [2.05, 4.69) is 119 Å². The predicted molar refractivity (Wildman–Crippen MR) is 126 cm³/mol. The van der Waals surface area contributed by atoms with Crippen LogP contribution in [-0.2, 0) is 6.42 Å². The highest BCUT2D eigenvalue weighted by molar-refractivity contribution is 9.44. The molecule has 0 aliphatic carbocycles. The molecule has 0 aliphatic rings. The lowest BCUT2D eigenvalue weighted by Crippen LogP contribution is -2.26. The Kier molecular flexibility index (Phi) is 7.44. The topological polar surface area (TPSA) is 0 Å². The zero-order valence-electron chi connectivity index (χ0n) is 15.9. The van der Waals surface area contributed by atoms with Gasteiger partial charge in [0.1, 0.15) is 15.9 Å². The molecule has 138 valence electrons. The lowest BCUT2D eigenvalue weighted by atomic mass is 10.1. The summed E-state index contributed by atoms with van der Waals surface area (Å²) >= 11 is 4.22. The van der Waals surface area contributed by atoms with Crippen molar-refractivity contribution in [2.24, 2.45) is 0 Å². The number of hydrogen-bond donors (Lipinski definition) is 0. The second-order valence-corrected chi connectivity index (χ2v) is 12.6. The fourth-order valence-corrected chi connectivity index (χ4v) is 8.04. The highest BCUT2D eigenvalue weighted by Crippen LogP contribution is 2.62. The fraction of sp³-hybridized carbons (Fsp3) is 0.200. The number of benzene rings is 3. The van der Waals surface area contributed by atoms with Crippen molar-refractivity contribution in [3.8, 4) is 0 Å². The molecule has 0 radical (unpaired) electrons. The van der Waals surface area contributed by atoms with Gasteiger partial charge in [-0.3, -0.25) is 0 Å². The van der Waals surface area contributed by atoms with Crippen LogP contribution in [-0.4, -0.2) is 0 Å². The summed E-state index contributed by atoms with van der Waals surface area (Å²) < 4.78 is 0. The van der Waals surface area contributed by atoms with E-state index in [0.29, 0.717) is 0 Å². The van der Waals surface area contributed by atoms with Crippen molar-refractivity contribution >= 4 is 37.4 Å². The van der Waals surface area contributed by atoms with Crippen LogP contribution < -0.4 is 15.9 Å². The van der Waals surface area contributed by atoms with Crippen molar-refractivity contribution in [1.29, 1.82) is 0 Å². The van der Waals surface area contributed by atoms with E-state index in [1.807, 2.05) is 0 Å². The van der Waals surface area contributed by atoms with Crippen molar-refractivity contribution in [2.45, 2.75) is 32.6 Å². The van der Waals surface area contributed by atoms with Crippen LogP contribution in [0.25, 0.3) is 0 Å². The quantitative estimate of drug-likeness (QED) is 0.212. The lowest BCUT2D eigenvalue weighted by molar-refractivity contribution is 0.840. The van der Waals surface area contributed by atoms with Gasteiger partial charge in [-0.1, -0.05) is 67.6 Å². The lowest BCUT2D eigenvalue weighted by Gasteiger charge is -2.20. The summed E-state index contributed by atoms with van der Waals surface area (Å²) in [4.78, 5) is 0. The maximum atomic E-state index is 4.22. The predicted octanol–water partition coefficient (Wildman–Crippen LogP) is 6.58. The van der Waals surface area contributed by atoms with Gasteiger partial charge >= 0.3 is 0 Å². The Bertz CT molecular complexity index is 799. The van der Waals surface area contributed by atoms with Gasteiger partial charge in [-0.15, -0.1) is 0 Å². The maximum absolute atomic E-state index is 4.22. The average Bonchev–Trinajstić information content (AvgIpc) is 2.75. The van der Waals surface area contributed by atoms with E-state index >= 15 is 0 Å². The molecular weight excluding hydrogens is 411 g/mol. The van der Waals surface area contributed by atoms with E-state index in [9.17, 15) is 0 Å². The summed E-state index contributed by atoms with van der Waals surface area (Å²) in [6.07, 6.45) is 9.20. The largest absolute Gasteiger partial charge is 0.181 e. The minimum Gasteiger partial charge on any atom is -0.0888 e. The third kappa shape index (κ3) is 4.98. The van der Waals surface area contributed by atoms with Gasteiger partial charge < -0.3 is 0 Å². The smallest absolute Gasteiger partial charge is 0.0888 e. The molecule has 0 saturated carbocycles. The first-order valence-corrected chi connectivity index (χ1v) is 13.5. The Morgan fingerprint density at radius 3 is 1.74 bits per heavy atom. The molecule has 3 aromatic carbocycles. The molecule has 0 aromatic heterocycles. The molecule has 0 spiro atoms. The molecule has 0 N–H and O–H groups in total. The van der Waals surface area contributed by atoms with Crippen LogP contribution in [0.3, 0.4) is 0 Å². The number of aryl methyl sites for hydroxylation is 1. The molecule has 2 heteroatoms. The summed E-state index contributed by atoms with van der Waals surface area (Å²) in [7, 11) is 0. The first-order valence-electron chi connectivity index (χ1n) is 9.69. The van der Waals surface area contributed by atoms with Crippen LogP contribution in [0.1, 0.15) is 31.7 Å². The van der Waals surface area contributed by atoms with Crippen LogP contribution in [0.5, 0.6) is 0 Å². The minimum atomic E-state index is -1.79. The third-order valence-electron chi connectivity index (χ3n) is 4.75. The molecular formula is C25H27BrP+. The van der Waals surface area contributed by atoms with Crippen LogP contribution in [0.15, 0.2) is 97.1 Å². The highest BCUT2D eigenvalue weighted by Gasteiger charge is 2.43. The summed E-state index contributed by atoms with van der Waals surface area (Å²) in [5.74, 6) is -1.79. The van der Waals surface area contributed by atoms with Gasteiger partial charge in [-0.05, 0) is 67.6 Å². The summed E-state index contributed by atoms with van der Waals surface area (Å²) in [6.45, 7) is 2.18. The molecule has 0 unspecified atom stereocenters. The second kappa shape index (κ2) is 10.0. The van der Waals surface area contributed by atoms with Crippen molar-refractivity contribution in [3.63, 3.8) is 0 Å². The Balaban J connectivity index is 1.87. The van der Waals surface area contributed by atoms with Crippen molar-refractivity contribution in [2.75, 3.05) is 0 Å². The van der Waals surface area contributed by atoms with Gasteiger partial charge in [0, 0.05) is 0 Å². The standard InChI is InChI=1S/C25H27BrP/c1-2-3-4-5-8-13-22-18-20-25(21-19-22)27(26,23-14-9-6-10-15-23)24-16-11-7-12-17-24/h3-4,6-7,9-12,14-21H,2,5,8,13H2,1H3/q+1/b4-3-. The molecule has 3 rings (SSSR count). The molecule has 0 saturated heterocycles. The van der Waals surface area contributed by atoms with Crippen LogP contribution >= 0.6 is 21.5 Å². The van der Waals surface area contributed by atoms with Crippen LogP contribution in [0, 0.1) is 0 Å². The molecule has 0 bridgehead atoms. The normalized spacial score (nSPS) is 11.8. The number of hydrogen-bond acceptors (Lipinski definition) is 0. The second-order valence-electron chi connectivity index (χ2n) is 6.70. The molecule has 0 atom stereocenters. The first-order chi connectivity index (χ1) is 13.2. The Morgan fingerprint density at radius 1 is 0.704 bits per heavy atom. The number of unbranched alkanes of at least 4 members (excludes halogenated alkanes) is 1. The van der Waals surface area contributed by atoms with Gasteiger partial charge in [0.25, 0.3) is 0 Å². The van der Waals surface area contributed by atoms with Crippen molar-refractivity contribution in [3.05, 3.63) is 103 Å². The zero-order chi connectivity index (χ0) is 19.0. The molecule has 0 fully saturated rings. The van der Waals surface area contributed by atoms with Crippen LogP contribution in [0.2, 0.25) is 0 Å². The SMILES string of the molecule is CC/C=C\CCCc1ccc([P+](Br)(c2ccccc2)c2ccccc2)cc1. The number of allylic oxidation sites excluding steroid dienone is 2. The summed E-state index contributed by atoms with van der Waals surface area (Å²) in [6, 6.07) is 30.9. The van der Waals surface area contributed by atoms with E-state index in [-0.39, 0.29) is 0 Å². The Labute approximate surface area is 172 Å². The monoisotopic (exact) mass is 437 g/mol. The Hall–Kier alpha value is -1.69. The van der Waals surface area contributed by atoms with Gasteiger partial charge in [0.2, 0.25) is 0 Å². The molecule has 0 nitrogen and oxygen atoms in total. The highest BCUT2D eigenvalue weighted by atomic mass is 79.9. The van der Waals surface area contributed by atoms with Gasteiger partial charge in [0.05, 0.1) is 0 Å². The molecule has 3 aromatic rings. The molecule has 0 amide bonds. The summed E-state index contributed by atoms with van der Waals surface area (Å²) in [5.41, 5.74) is 1.42. The zero-order valence-corrected chi connectivity index (χ0v) is 18.4. The van der Waals surface area contributed by atoms with E-state index < -0.39 is 5.96 Å². The molecule has 27 heavy (non-hydrogen) atoms. The third-order valence-corrected chi connectivity index (χ3v) is 11.5. The van der Waals surface area contributed by atoms with E-state index in [4.69, 9.17) is 0 Å². The summed E-state index contributed by atoms with van der Waals surface area (Å²) in [5, 5.41) is 4.08. The van der Waals surface area contributed by atoms with Gasteiger partial charge in [-0.25, -0.2) is 0 Å². The number of halogens is 1. The van der Waals surface area contributed by atoms with E-state index in [1.54, 1.807) is 0 Å².